The van der Waals surface area contributed by atoms with Crippen LogP contribution in [0.3, 0.4) is 0 Å². The molecule has 0 radical (unpaired) electrons. The van der Waals surface area contributed by atoms with Gasteiger partial charge in [0.1, 0.15) is 0 Å². The Labute approximate surface area is 149 Å². The lowest BCUT2D eigenvalue weighted by molar-refractivity contribution is 0.0377. The lowest BCUT2D eigenvalue weighted by Gasteiger charge is -2.26. The summed E-state index contributed by atoms with van der Waals surface area (Å²) in [6.45, 7) is 6.13. The van der Waals surface area contributed by atoms with Crippen molar-refractivity contribution in [3.05, 3.63) is 35.4 Å². The van der Waals surface area contributed by atoms with Crippen LogP contribution in [-0.2, 0) is 15.9 Å². The number of methoxy groups -OCH3 is 1. The molecule has 7 nitrogen and oxygen atoms in total. The summed E-state index contributed by atoms with van der Waals surface area (Å²) in [6.07, 6.45) is 1.81. The molecule has 0 amide bonds. The number of guanidine groups is 1. The van der Waals surface area contributed by atoms with Crippen molar-refractivity contribution in [2.75, 3.05) is 53.0 Å². The molecule has 1 aliphatic heterocycles. The average Bonchev–Trinajstić information content (AvgIpc) is 2.66. The Balaban J connectivity index is 1.60. The van der Waals surface area contributed by atoms with Gasteiger partial charge in [-0.15, -0.1) is 0 Å². The molecule has 1 heterocycles. The highest BCUT2D eigenvalue weighted by molar-refractivity contribution is 5.89. The molecule has 1 saturated heterocycles. The van der Waals surface area contributed by atoms with Gasteiger partial charge < -0.3 is 20.5 Å². The van der Waals surface area contributed by atoms with E-state index >= 15 is 0 Å². The highest BCUT2D eigenvalue weighted by Crippen LogP contribution is 2.06. The summed E-state index contributed by atoms with van der Waals surface area (Å²) in [4.78, 5) is 18.1. The summed E-state index contributed by atoms with van der Waals surface area (Å²) in [7, 11) is 1.38. The summed E-state index contributed by atoms with van der Waals surface area (Å²) in [6, 6.07) is 7.38. The van der Waals surface area contributed by atoms with Gasteiger partial charge in [0.2, 0.25) is 0 Å². The van der Waals surface area contributed by atoms with Gasteiger partial charge >= 0.3 is 5.97 Å². The average molecular weight is 348 g/mol. The summed E-state index contributed by atoms with van der Waals surface area (Å²) in [5.74, 6) is 0.159. The fourth-order valence-corrected chi connectivity index (χ4v) is 2.63. The molecule has 1 aromatic rings. The van der Waals surface area contributed by atoms with E-state index in [2.05, 4.69) is 19.9 Å². The van der Waals surface area contributed by atoms with E-state index in [4.69, 9.17) is 10.5 Å². The molecule has 7 heteroatoms. The first-order valence-corrected chi connectivity index (χ1v) is 8.70. The minimum absolute atomic E-state index is 0.321. The van der Waals surface area contributed by atoms with Gasteiger partial charge in [0.15, 0.2) is 5.96 Å². The van der Waals surface area contributed by atoms with Crippen LogP contribution in [0.5, 0.6) is 0 Å². The Bertz CT molecular complexity index is 554. The Morgan fingerprint density at radius 3 is 2.72 bits per heavy atom. The van der Waals surface area contributed by atoms with Crippen LogP contribution in [-0.4, -0.2) is 69.9 Å². The van der Waals surface area contributed by atoms with Crippen LogP contribution in [0.25, 0.3) is 0 Å². The minimum atomic E-state index is -0.321. The van der Waals surface area contributed by atoms with Gasteiger partial charge in [-0.05, 0) is 30.5 Å². The molecule has 25 heavy (non-hydrogen) atoms. The number of ether oxygens (including phenoxy) is 2. The second-order valence-corrected chi connectivity index (χ2v) is 5.94. The maximum absolute atomic E-state index is 11.4. The molecule has 1 fully saturated rings. The van der Waals surface area contributed by atoms with Crippen molar-refractivity contribution in [1.82, 2.24) is 10.2 Å². The van der Waals surface area contributed by atoms with Crippen LogP contribution < -0.4 is 11.1 Å². The molecule has 2 rings (SSSR count). The van der Waals surface area contributed by atoms with E-state index in [0.29, 0.717) is 18.1 Å². The quantitative estimate of drug-likeness (QED) is 0.310. The van der Waals surface area contributed by atoms with Gasteiger partial charge in [-0.1, -0.05) is 12.1 Å². The molecule has 3 N–H and O–H groups in total. The zero-order chi connectivity index (χ0) is 17.9. The fraction of sp³-hybridized carbons (Fsp3) is 0.556. The predicted molar refractivity (Wildman–Crippen MR) is 97.9 cm³/mol. The number of carbonyl (C=O) groups excluding carboxylic acids is 1. The maximum atomic E-state index is 11.4. The van der Waals surface area contributed by atoms with Crippen molar-refractivity contribution in [2.45, 2.75) is 12.8 Å². The molecule has 0 spiro atoms. The summed E-state index contributed by atoms with van der Waals surface area (Å²) in [5, 5.41) is 3.12. The number of hydrogen-bond acceptors (Lipinski definition) is 5. The topological polar surface area (TPSA) is 89.2 Å². The normalized spacial score (nSPS) is 15.8. The highest BCUT2D eigenvalue weighted by Gasteiger charge is 2.08. The smallest absolute Gasteiger partial charge is 0.337 e. The van der Waals surface area contributed by atoms with Gasteiger partial charge in [0, 0.05) is 32.7 Å². The number of nitrogens with one attached hydrogen (secondary N) is 1. The van der Waals surface area contributed by atoms with Crippen LogP contribution in [0.2, 0.25) is 0 Å². The first kappa shape index (κ1) is 19.2. The molecule has 0 atom stereocenters. The Morgan fingerprint density at radius 2 is 2.04 bits per heavy atom. The van der Waals surface area contributed by atoms with Gasteiger partial charge in [-0.3, -0.25) is 9.89 Å². The van der Waals surface area contributed by atoms with Crippen LogP contribution in [0.4, 0.5) is 0 Å². The van der Waals surface area contributed by atoms with Crippen LogP contribution in [0, 0.1) is 0 Å². The third kappa shape index (κ3) is 7.11. The molecule has 0 saturated carbocycles. The van der Waals surface area contributed by atoms with E-state index in [1.807, 2.05) is 12.1 Å². The van der Waals surface area contributed by atoms with Gasteiger partial charge in [-0.25, -0.2) is 4.79 Å². The van der Waals surface area contributed by atoms with E-state index < -0.39 is 0 Å². The minimum Gasteiger partial charge on any atom is -0.465 e. The summed E-state index contributed by atoms with van der Waals surface area (Å²) >= 11 is 0. The third-order valence-corrected chi connectivity index (χ3v) is 4.11. The number of carbonyl (C=O) groups is 1. The lowest BCUT2D eigenvalue weighted by atomic mass is 10.1. The number of hydrogen-bond donors (Lipinski definition) is 2. The molecule has 1 aliphatic rings. The molecule has 0 unspecified atom stereocenters. The monoisotopic (exact) mass is 348 g/mol. The molecule has 138 valence electrons. The summed E-state index contributed by atoms with van der Waals surface area (Å²) < 4.78 is 10.0. The van der Waals surface area contributed by atoms with Crippen LogP contribution in [0.15, 0.2) is 29.3 Å². The first-order valence-electron chi connectivity index (χ1n) is 8.70. The van der Waals surface area contributed by atoms with Gasteiger partial charge in [0.05, 0.1) is 25.9 Å². The van der Waals surface area contributed by atoms with E-state index in [9.17, 15) is 4.79 Å². The van der Waals surface area contributed by atoms with E-state index in [-0.39, 0.29) is 5.97 Å². The third-order valence-electron chi connectivity index (χ3n) is 4.11. The Hall–Kier alpha value is -2.12. The molecule has 0 bridgehead atoms. The SMILES string of the molecule is COC(=O)c1ccc(CCNC(N)=NCCCN2CCOCC2)cc1. The second-order valence-electron chi connectivity index (χ2n) is 5.94. The van der Waals surface area contributed by atoms with Crippen molar-refractivity contribution in [2.24, 2.45) is 10.7 Å². The van der Waals surface area contributed by atoms with Crippen molar-refractivity contribution in [3.8, 4) is 0 Å². The number of nitrogens with zero attached hydrogens (tertiary/aromatic N) is 2. The van der Waals surface area contributed by atoms with E-state index in [1.54, 1.807) is 12.1 Å². The van der Waals surface area contributed by atoms with Crippen LogP contribution >= 0.6 is 0 Å². The van der Waals surface area contributed by atoms with Crippen molar-refractivity contribution >= 4 is 11.9 Å². The predicted octanol–water partition coefficient (Wildman–Crippen LogP) is 0.642. The largest absolute Gasteiger partial charge is 0.465 e. The number of esters is 1. The molecule has 0 aromatic heterocycles. The van der Waals surface area contributed by atoms with Crippen molar-refractivity contribution in [3.63, 3.8) is 0 Å². The maximum Gasteiger partial charge on any atom is 0.337 e. The number of aliphatic imine (C=N–C) groups is 1. The first-order chi connectivity index (χ1) is 12.2. The number of rotatable bonds is 8. The fourth-order valence-electron chi connectivity index (χ4n) is 2.63. The zero-order valence-electron chi connectivity index (χ0n) is 14.9. The Morgan fingerprint density at radius 1 is 1.32 bits per heavy atom. The van der Waals surface area contributed by atoms with Crippen LogP contribution in [0.1, 0.15) is 22.3 Å². The highest BCUT2D eigenvalue weighted by atomic mass is 16.5. The van der Waals surface area contributed by atoms with Crippen molar-refractivity contribution in [1.29, 1.82) is 0 Å². The lowest BCUT2D eigenvalue weighted by Crippen LogP contribution is -2.37. The number of nitrogens with two attached hydrogens (primary N) is 1. The number of morpholine rings is 1. The van der Waals surface area contributed by atoms with E-state index in [0.717, 1.165) is 57.8 Å². The van der Waals surface area contributed by atoms with Gasteiger partial charge in [-0.2, -0.15) is 0 Å². The number of benzene rings is 1. The summed E-state index contributed by atoms with van der Waals surface area (Å²) in [5.41, 5.74) is 7.56. The Kier molecular flexibility index (Phi) is 8.21. The molecular weight excluding hydrogens is 320 g/mol. The second kappa shape index (κ2) is 10.7. The zero-order valence-corrected chi connectivity index (χ0v) is 14.9. The van der Waals surface area contributed by atoms with Gasteiger partial charge in [0.25, 0.3) is 0 Å². The van der Waals surface area contributed by atoms with E-state index in [1.165, 1.54) is 7.11 Å². The molecule has 0 aliphatic carbocycles. The standard InChI is InChI=1S/C18H28N4O3/c1-24-17(23)16-5-3-15(4-6-16)7-9-21-18(19)20-8-2-10-22-11-13-25-14-12-22/h3-6H,2,7-14H2,1H3,(H3,19,20,21). The molecular formula is C18H28N4O3. The molecule has 1 aromatic carbocycles. The van der Waals surface area contributed by atoms with Crippen molar-refractivity contribution < 1.29 is 14.3 Å².